The summed E-state index contributed by atoms with van der Waals surface area (Å²) in [5.41, 5.74) is 7.92. The van der Waals surface area contributed by atoms with E-state index in [4.69, 9.17) is 17.3 Å². The van der Waals surface area contributed by atoms with Crippen LogP contribution < -0.4 is 5.73 Å². The molecular weight excluding hydrogens is 231 g/mol. The molecule has 0 aliphatic rings. The van der Waals surface area contributed by atoms with Gasteiger partial charge in [0.1, 0.15) is 0 Å². The van der Waals surface area contributed by atoms with Gasteiger partial charge in [0.2, 0.25) is 0 Å². The highest BCUT2D eigenvalue weighted by atomic mass is 35.5. The number of nitrogens with zero attached hydrogens (tertiary/aromatic N) is 1. The number of hydrogen-bond acceptors (Lipinski definition) is 1. The molecule has 1 heterocycles. The van der Waals surface area contributed by atoms with Gasteiger partial charge < -0.3 is 10.3 Å². The van der Waals surface area contributed by atoms with Crippen LogP contribution in [0.2, 0.25) is 5.02 Å². The molecule has 15 heavy (non-hydrogen) atoms. The van der Waals surface area contributed by atoms with Crippen LogP contribution in [0.1, 0.15) is 5.56 Å². The van der Waals surface area contributed by atoms with Crippen LogP contribution in [-0.4, -0.2) is 11.1 Å². The van der Waals surface area contributed by atoms with Gasteiger partial charge in [-0.1, -0.05) is 17.7 Å². The van der Waals surface area contributed by atoms with Gasteiger partial charge in [0.15, 0.2) is 0 Å². The molecule has 82 valence electrons. The minimum atomic E-state index is 0. The van der Waals surface area contributed by atoms with E-state index in [0.29, 0.717) is 6.54 Å². The van der Waals surface area contributed by atoms with Gasteiger partial charge in [-0.2, -0.15) is 0 Å². The molecule has 0 atom stereocenters. The van der Waals surface area contributed by atoms with Crippen LogP contribution in [0.25, 0.3) is 10.9 Å². The summed E-state index contributed by atoms with van der Waals surface area (Å²) in [5, 5.41) is 1.96. The highest BCUT2D eigenvalue weighted by Crippen LogP contribution is 2.27. The van der Waals surface area contributed by atoms with Crippen molar-refractivity contribution in [2.24, 2.45) is 5.73 Å². The molecular formula is C11H14Cl2N2. The Hall–Kier alpha value is -0.700. The number of aromatic nitrogens is 1. The molecule has 0 aliphatic carbocycles. The van der Waals surface area contributed by atoms with Gasteiger partial charge in [-0.15, -0.1) is 12.4 Å². The van der Waals surface area contributed by atoms with Gasteiger partial charge in [0.05, 0.1) is 5.02 Å². The van der Waals surface area contributed by atoms with E-state index in [1.54, 1.807) is 0 Å². The maximum absolute atomic E-state index is 6.13. The lowest BCUT2D eigenvalue weighted by Gasteiger charge is -2.02. The van der Waals surface area contributed by atoms with Crippen molar-refractivity contribution < 1.29 is 0 Å². The summed E-state index contributed by atoms with van der Waals surface area (Å²) >= 11 is 6.13. The van der Waals surface area contributed by atoms with Crippen LogP contribution >= 0.6 is 24.0 Å². The third-order valence-electron chi connectivity index (χ3n) is 2.41. The van der Waals surface area contributed by atoms with Crippen molar-refractivity contribution in [1.82, 2.24) is 4.57 Å². The Morgan fingerprint density at radius 3 is 2.80 bits per heavy atom. The van der Waals surface area contributed by atoms with Gasteiger partial charge in [0, 0.05) is 30.2 Å². The standard InChI is InChI=1S/C11H13ClN2.ClH/c1-8-7-14(6-5-13)10-4-2-3-9(12)11(8)10;/h2-4,7H,5-6,13H2,1H3;1H. The van der Waals surface area contributed by atoms with E-state index in [-0.39, 0.29) is 12.4 Å². The summed E-state index contributed by atoms with van der Waals surface area (Å²) in [4.78, 5) is 0. The second-order valence-electron chi connectivity index (χ2n) is 3.43. The molecule has 2 N–H and O–H groups in total. The van der Waals surface area contributed by atoms with Crippen LogP contribution in [0.15, 0.2) is 24.4 Å². The zero-order chi connectivity index (χ0) is 10.1. The molecule has 0 saturated heterocycles. The third-order valence-corrected chi connectivity index (χ3v) is 2.73. The average Bonchev–Trinajstić information content (AvgIpc) is 2.46. The fourth-order valence-corrected chi connectivity index (χ4v) is 2.15. The molecule has 2 nitrogen and oxygen atoms in total. The van der Waals surface area contributed by atoms with E-state index in [0.717, 1.165) is 17.0 Å². The zero-order valence-electron chi connectivity index (χ0n) is 8.53. The first-order valence-electron chi connectivity index (χ1n) is 4.68. The zero-order valence-corrected chi connectivity index (χ0v) is 10.1. The molecule has 0 amide bonds. The van der Waals surface area contributed by atoms with Crippen molar-refractivity contribution in [2.75, 3.05) is 6.54 Å². The van der Waals surface area contributed by atoms with Gasteiger partial charge in [-0.05, 0) is 24.6 Å². The highest BCUT2D eigenvalue weighted by molar-refractivity contribution is 6.35. The monoisotopic (exact) mass is 244 g/mol. The van der Waals surface area contributed by atoms with Crippen LogP contribution in [0.5, 0.6) is 0 Å². The Balaban J connectivity index is 0.00000112. The molecule has 0 unspecified atom stereocenters. The molecule has 0 bridgehead atoms. The predicted molar refractivity (Wildman–Crippen MR) is 68.0 cm³/mol. The minimum Gasteiger partial charge on any atom is -0.346 e. The van der Waals surface area contributed by atoms with Crippen LogP contribution in [0, 0.1) is 6.92 Å². The number of aryl methyl sites for hydroxylation is 1. The Kier molecular flexibility index (Phi) is 4.03. The summed E-state index contributed by atoms with van der Waals surface area (Å²) in [6, 6.07) is 5.96. The number of benzene rings is 1. The third kappa shape index (κ3) is 2.12. The second-order valence-corrected chi connectivity index (χ2v) is 3.84. The molecule has 4 heteroatoms. The molecule has 1 aromatic heterocycles. The number of rotatable bonds is 2. The molecule has 0 radical (unpaired) electrons. The summed E-state index contributed by atoms with van der Waals surface area (Å²) < 4.78 is 2.15. The Labute approximate surface area is 100 Å². The van der Waals surface area contributed by atoms with Crippen molar-refractivity contribution in [1.29, 1.82) is 0 Å². The normalized spacial score (nSPS) is 10.3. The maximum Gasteiger partial charge on any atom is 0.0502 e. The molecule has 0 fully saturated rings. The van der Waals surface area contributed by atoms with E-state index in [1.165, 1.54) is 11.1 Å². The highest BCUT2D eigenvalue weighted by Gasteiger charge is 2.07. The second kappa shape index (κ2) is 4.88. The summed E-state index contributed by atoms with van der Waals surface area (Å²) in [6.07, 6.45) is 2.10. The first kappa shape index (κ1) is 12.4. The van der Waals surface area contributed by atoms with Gasteiger partial charge in [-0.25, -0.2) is 0 Å². The van der Waals surface area contributed by atoms with Crippen molar-refractivity contribution in [2.45, 2.75) is 13.5 Å². The lowest BCUT2D eigenvalue weighted by molar-refractivity contribution is 0.734. The van der Waals surface area contributed by atoms with Crippen LogP contribution in [-0.2, 0) is 6.54 Å². The smallest absolute Gasteiger partial charge is 0.0502 e. The Bertz CT molecular complexity index is 463. The first-order valence-corrected chi connectivity index (χ1v) is 5.06. The van der Waals surface area contributed by atoms with Crippen molar-refractivity contribution in [3.63, 3.8) is 0 Å². The number of hydrogen-bond donors (Lipinski definition) is 1. The predicted octanol–water partition coefficient (Wildman–Crippen LogP) is 2.98. The average molecular weight is 245 g/mol. The van der Waals surface area contributed by atoms with Crippen LogP contribution in [0.3, 0.4) is 0 Å². The summed E-state index contributed by atoms with van der Waals surface area (Å²) in [5.74, 6) is 0. The Morgan fingerprint density at radius 1 is 1.40 bits per heavy atom. The topological polar surface area (TPSA) is 30.9 Å². The van der Waals surface area contributed by atoms with E-state index in [2.05, 4.69) is 23.8 Å². The largest absolute Gasteiger partial charge is 0.346 e. The first-order chi connectivity index (χ1) is 6.74. The lowest BCUT2D eigenvalue weighted by Crippen LogP contribution is -2.08. The molecule has 0 spiro atoms. The fourth-order valence-electron chi connectivity index (χ4n) is 1.83. The SMILES string of the molecule is Cc1cn(CCN)c2cccc(Cl)c12.Cl. The maximum atomic E-state index is 6.13. The van der Waals surface area contributed by atoms with Gasteiger partial charge >= 0.3 is 0 Å². The molecule has 0 saturated carbocycles. The van der Waals surface area contributed by atoms with Gasteiger partial charge in [-0.3, -0.25) is 0 Å². The Morgan fingerprint density at radius 2 is 2.13 bits per heavy atom. The van der Waals surface area contributed by atoms with E-state index >= 15 is 0 Å². The van der Waals surface area contributed by atoms with E-state index in [1.807, 2.05) is 12.1 Å². The van der Waals surface area contributed by atoms with E-state index in [9.17, 15) is 0 Å². The van der Waals surface area contributed by atoms with E-state index < -0.39 is 0 Å². The van der Waals surface area contributed by atoms with Gasteiger partial charge in [0.25, 0.3) is 0 Å². The number of halogens is 2. The molecule has 2 rings (SSSR count). The lowest BCUT2D eigenvalue weighted by atomic mass is 10.2. The molecule has 0 aliphatic heterocycles. The van der Waals surface area contributed by atoms with Crippen LogP contribution in [0.4, 0.5) is 0 Å². The summed E-state index contributed by atoms with van der Waals surface area (Å²) in [7, 11) is 0. The number of fused-ring (bicyclic) bond motifs is 1. The fraction of sp³-hybridized carbons (Fsp3) is 0.273. The molecule has 2 aromatic rings. The van der Waals surface area contributed by atoms with Crippen molar-refractivity contribution >= 4 is 34.9 Å². The minimum absolute atomic E-state index is 0. The number of nitrogens with two attached hydrogens (primary N) is 1. The molecule has 1 aromatic carbocycles. The quantitative estimate of drug-likeness (QED) is 0.866. The van der Waals surface area contributed by atoms with Crippen molar-refractivity contribution in [3.8, 4) is 0 Å². The van der Waals surface area contributed by atoms with Crippen molar-refractivity contribution in [3.05, 3.63) is 35.0 Å². The summed E-state index contributed by atoms with van der Waals surface area (Å²) in [6.45, 7) is 3.56.